The molecule has 0 atom stereocenters. The Morgan fingerprint density at radius 3 is 2.67 bits per heavy atom. The SMILES string of the molecule is Cc1cccc(C(=O)N(CC(C)C)C2CC2)c1F. The average Bonchev–Trinajstić information content (AvgIpc) is 3.12. The second-order valence-electron chi connectivity index (χ2n) is 5.52. The molecule has 0 bridgehead atoms. The molecule has 1 amide bonds. The molecular weight excluding hydrogens is 229 g/mol. The van der Waals surface area contributed by atoms with Gasteiger partial charge in [0.2, 0.25) is 0 Å². The quantitative estimate of drug-likeness (QED) is 0.801. The number of carbonyl (C=O) groups excluding carboxylic acids is 1. The van der Waals surface area contributed by atoms with Crippen LogP contribution in [0, 0.1) is 18.7 Å². The number of amides is 1. The van der Waals surface area contributed by atoms with E-state index in [1.807, 2.05) is 4.90 Å². The molecule has 0 aromatic heterocycles. The van der Waals surface area contributed by atoms with Gasteiger partial charge in [-0.05, 0) is 37.3 Å². The van der Waals surface area contributed by atoms with Gasteiger partial charge in [0, 0.05) is 12.6 Å². The minimum absolute atomic E-state index is 0.160. The van der Waals surface area contributed by atoms with Crippen molar-refractivity contribution in [2.45, 2.75) is 39.7 Å². The van der Waals surface area contributed by atoms with Gasteiger partial charge >= 0.3 is 0 Å². The second kappa shape index (κ2) is 5.09. The van der Waals surface area contributed by atoms with Gasteiger partial charge in [-0.2, -0.15) is 0 Å². The second-order valence-corrected chi connectivity index (χ2v) is 5.52. The molecule has 0 heterocycles. The molecule has 0 spiro atoms. The Kier molecular flexibility index (Phi) is 3.69. The molecule has 0 N–H and O–H groups in total. The number of carbonyl (C=O) groups is 1. The standard InChI is InChI=1S/C15H20FNO/c1-10(2)9-17(12-7-8-12)15(18)13-6-4-5-11(3)14(13)16/h4-6,10,12H,7-9H2,1-3H3. The molecule has 0 radical (unpaired) electrons. The lowest BCUT2D eigenvalue weighted by molar-refractivity contribution is 0.0717. The van der Waals surface area contributed by atoms with E-state index in [0.29, 0.717) is 24.1 Å². The summed E-state index contributed by atoms with van der Waals surface area (Å²) >= 11 is 0. The molecule has 1 aliphatic carbocycles. The van der Waals surface area contributed by atoms with Crippen LogP contribution in [0.4, 0.5) is 4.39 Å². The molecule has 0 aliphatic heterocycles. The predicted octanol–water partition coefficient (Wildman–Crippen LogP) is 3.39. The van der Waals surface area contributed by atoms with E-state index in [0.717, 1.165) is 12.8 Å². The van der Waals surface area contributed by atoms with E-state index in [4.69, 9.17) is 0 Å². The van der Waals surface area contributed by atoms with Gasteiger partial charge in [0.25, 0.3) is 5.91 Å². The van der Waals surface area contributed by atoms with Crippen LogP contribution in [0.2, 0.25) is 0 Å². The summed E-state index contributed by atoms with van der Waals surface area (Å²) in [6.45, 7) is 6.55. The molecule has 18 heavy (non-hydrogen) atoms. The van der Waals surface area contributed by atoms with Gasteiger partial charge in [0.15, 0.2) is 0 Å². The zero-order valence-electron chi connectivity index (χ0n) is 11.2. The molecule has 3 heteroatoms. The van der Waals surface area contributed by atoms with Crippen LogP contribution in [0.3, 0.4) is 0 Å². The average molecular weight is 249 g/mol. The summed E-state index contributed by atoms with van der Waals surface area (Å²) in [4.78, 5) is 14.3. The first-order chi connectivity index (χ1) is 8.50. The topological polar surface area (TPSA) is 20.3 Å². The highest BCUT2D eigenvalue weighted by Crippen LogP contribution is 2.29. The number of hydrogen-bond donors (Lipinski definition) is 0. The Hall–Kier alpha value is -1.38. The largest absolute Gasteiger partial charge is 0.335 e. The Labute approximate surface area is 108 Å². The maximum Gasteiger partial charge on any atom is 0.257 e. The van der Waals surface area contributed by atoms with Crippen molar-refractivity contribution in [2.24, 2.45) is 5.92 Å². The summed E-state index contributed by atoms with van der Waals surface area (Å²) in [5.41, 5.74) is 0.740. The Bertz CT molecular complexity index is 452. The highest BCUT2D eigenvalue weighted by atomic mass is 19.1. The van der Waals surface area contributed by atoms with Gasteiger partial charge in [0.1, 0.15) is 5.82 Å². The third kappa shape index (κ3) is 2.71. The first-order valence-corrected chi connectivity index (χ1v) is 6.56. The first kappa shape index (κ1) is 13.1. The Morgan fingerprint density at radius 1 is 1.44 bits per heavy atom. The molecule has 2 nitrogen and oxygen atoms in total. The maximum atomic E-state index is 14.0. The van der Waals surface area contributed by atoms with Crippen LogP contribution in [0.1, 0.15) is 42.6 Å². The van der Waals surface area contributed by atoms with Crippen molar-refractivity contribution >= 4 is 5.91 Å². The zero-order valence-corrected chi connectivity index (χ0v) is 11.2. The van der Waals surface area contributed by atoms with Gasteiger partial charge in [-0.15, -0.1) is 0 Å². The van der Waals surface area contributed by atoms with Gasteiger partial charge in [-0.1, -0.05) is 26.0 Å². The third-order valence-electron chi connectivity index (χ3n) is 3.23. The summed E-state index contributed by atoms with van der Waals surface area (Å²) in [6, 6.07) is 5.34. The van der Waals surface area contributed by atoms with E-state index in [1.165, 1.54) is 0 Å². The number of hydrogen-bond acceptors (Lipinski definition) is 1. The van der Waals surface area contributed by atoms with E-state index < -0.39 is 0 Å². The minimum atomic E-state index is -0.378. The number of nitrogens with zero attached hydrogens (tertiary/aromatic N) is 1. The molecule has 0 unspecified atom stereocenters. The fourth-order valence-electron chi connectivity index (χ4n) is 2.14. The molecular formula is C15H20FNO. The number of halogens is 1. The van der Waals surface area contributed by atoms with E-state index in [2.05, 4.69) is 13.8 Å². The molecule has 1 aromatic carbocycles. The maximum absolute atomic E-state index is 14.0. The number of benzene rings is 1. The van der Waals surface area contributed by atoms with Crippen molar-refractivity contribution in [3.8, 4) is 0 Å². The number of aryl methyl sites for hydroxylation is 1. The van der Waals surface area contributed by atoms with Crippen molar-refractivity contribution in [1.29, 1.82) is 0 Å². The molecule has 1 saturated carbocycles. The smallest absolute Gasteiger partial charge is 0.257 e. The molecule has 98 valence electrons. The summed E-state index contributed by atoms with van der Waals surface area (Å²) in [5.74, 6) is -0.133. The first-order valence-electron chi connectivity index (χ1n) is 6.56. The third-order valence-corrected chi connectivity index (χ3v) is 3.23. The van der Waals surface area contributed by atoms with Crippen LogP contribution in [-0.4, -0.2) is 23.4 Å². The normalized spacial score (nSPS) is 14.9. The summed E-state index contributed by atoms with van der Waals surface area (Å²) in [7, 11) is 0. The fraction of sp³-hybridized carbons (Fsp3) is 0.533. The van der Waals surface area contributed by atoms with Gasteiger partial charge in [-0.3, -0.25) is 4.79 Å². The Balaban J connectivity index is 2.25. The van der Waals surface area contributed by atoms with Crippen LogP contribution in [0.25, 0.3) is 0 Å². The van der Waals surface area contributed by atoms with Crippen LogP contribution in [0.5, 0.6) is 0 Å². The van der Waals surface area contributed by atoms with Crippen molar-refractivity contribution < 1.29 is 9.18 Å². The highest BCUT2D eigenvalue weighted by molar-refractivity contribution is 5.95. The molecule has 0 saturated heterocycles. The van der Waals surface area contributed by atoms with E-state index in [9.17, 15) is 9.18 Å². The lowest BCUT2D eigenvalue weighted by atomic mass is 10.1. The predicted molar refractivity (Wildman–Crippen MR) is 70.0 cm³/mol. The fourth-order valence-corrected chi connectivity index (χ4v) is 2.14. The van der Waals surface area contributed by atoms with Crippen molar-refractivity contribution in [3.05, 3.63) is 35.1 Å². The monoisotopic (exact) mass is 249 g/mol. The molecule has 1 aromatic rings. The summed E-state index contributed by atoms with van der Waals surface area (Å²) < 4.78 is 14.0. The van der Waals surface area contributed by atoms with E-state index >= 15 is 0 Å². The Morgan fingerprint density at radius 2 is 2.11 bits per heavy atom. The summed E-state index contributed by atoms with van der Waals surface area (Å²) in [5, 5.41) is 0. The van der Waals surface area contributed by atoms with Gasteiger partial charge < -0.3 is 4.90 Å². The van der Waals surface area contributed by atoms with Crippen LogP contribution < -0.4 is 0 Å². The van der Waals surface area contributed by atoms with Crippen molar-refractivity contribution in [1.82, 2.24) is 4.90 Å². The van der Waals surface area contributed by atoms with Crippen molar-refractivity contribution in [3.63, 3.8) is 0 Å². The van der Waals surface area contributed by atoms with Gasteiger partial charge in [0.05, 0.1) is 5.56 Å². The van der Waals surface area contributed by atoms with E-state index in [-0.39, 0.29) is 17.3 Å². The van der Waals surface area contributed by atoms with Crippen molar-refractivity contribution in [2.75, 3.05) is 6.54 Å². The van der Waals surface area contributed by atoms with E-state index in [1.54, 1.807) is 25.1 Å². The van der Waals surface area contributed by atoms with Crippen LogP contribution in [0.15, 0.2) is 18.2 Å². The van der Waals surface area contributed by atoms with Crippen LogP contribution >= 0.6 is 0 Å². The zero-order chi connectivity index (χ0) is 13.3. The van der Waals surface area contributed by atoms with Gasteiger partial charge in [-0.25, -0.2) is 4.39 Å². The minimum Gasteiger partial charge on any atom is -0.335 e. The lowest BCUT2D eigenvalue weighted by Crippen LogP contribution is -2.36. The molecule has 2 rings (SSSR count). The lowest BCUT2D eigenvalue weighted by Gasteiger charge is -2.24. The van der Waals surface area contributed by atoms with Crippen LogP contribution in [-0.2, 0) is 0 Å². The molecule has 1 aliphatic rings. The highest BCUT2D eigenvalue weighted by Gasteiger charge is 2.34. The number of rotatable bonds is 4. The summed E-state index contributed by atoms with van der Waals surface area (Å²) in [6.07, 6.45) is 2.10. The molecule has 1 fully saturated rings.